The first kappa shape index (κ1) is 11.8. The summed E-state index contributed by atoms with van der Waals surface area (Å²) in [6.45, 7) is 4.39. The van der Waals surface area contributed by atoms with Crippen molar-refractivity contribution < 1.29 is 0 Å². The zero-order valence-corrected chi connectivity index (χ0v) is 9.66. The summed E-state index contributed by atoms with van der Waals surface area (Å²) in [6.07, 6.45) is 6.75. The molecule has 0 amide bonds. The maximum absolute atomic E-state index is 5.80. The molecule has 3 N–H and O–H groups in total. The second-order valence-corrected chi connectivity index (χ2v) is 3.98. The zero-order valence-electron chi connectivity index (χ0n) is 9.66. The Morgan fingerprint density at radius 3 is 2.93 bits per heavy atom. The molecule has 0 aliphatic carbocycles. The van der Waals surface area contributed by atoms with Gasteiger partial charge >= 0.3 is 0 Å². The van der Waals surface area contributed by atoms with Crippen LogP contribution in [0.4, 0.5) is 11.5 Å². The molecule has 1 aromatic heterocycles. The Labute approximate surface area is 92.1 Å². The summed E-state index contributed by atoms with van der Waals surface area (Å²) in [7, 11) is 0. The van der Waals surface area contributed by atoms with Gasteiger partial charge in [-0.3, -0.25) is 0 Å². The minimum atomic E-state index is 0.439. The van der Waals surface area contributed by atoms with Crippen LogP contribution in [0.3, 0.4) is 0 Å². The van der Waals surface area contributed by atoms with Crippen molar-refractivity contribution in [1.29, 1.82) is 0 Å². The second kappa shape index (κ2) is 6.27. The van der Waals surface area contributed by atoms with Gasteiger partial charge in [-0.15, -0.1) is 0 Å². The molecule has 15 heavy (non-hydrogen) atoms. The molecule has 0 saturated heterocycles. The Balaban J connectivity index is 2.37. The van der Waals surface area contributed by atoms with Crippen molar-refractivity contribution in [2.45, 2.75) is 45.6 Å². The number of rotatable bonds is 6. The highest BCUT2D eigenvalue weighted by molar-refractivity contribution is 5.60. The molecule has 3 heteroatoms. The summed E-state index contributed by atoms with van der Waals surface area (Å²) in [5, 5.41) is 3.33. The van der Waals surface area contributed by atoms with E-state index in [1.165, 1.54) is 25.7 Å². The lowest BCUT2D eigenvalue weighted by Gasteiger charge is -2.15. The molecule has 0 saturated carbocycles. The lowest BCUT2D eigenvalue weighted by atomic mass is 10.1. The van der Waals surface area contributed by atoms with Crippen LogP contribution in [0, 0.1) is 0 Å². The Kier molecular flexibility index (Phi) is 4.95. The third-order valence-electron chi connectivity index (χ3n) is 2.46. The Bertz CT molecular complexity index is 286. The minimum Gasteiger partial charge on any atom is -0.396 e. The molecular weight excluding hydrogens is 186 g/mol. The van der Waals surface area contributed by atoms with Gasteiger partial charge in [-0.1, -0.05) is 26.2 Å². The first-order valence-corrected chi connectivity index (χ1v) is 5.71. The number of aromatic nitrogens is 1. The van der Waals surface area contributed by atoms with Crippen LogP contribution in [0.5, 0.6) is 0 Å². The Morgan fingerprint density at radius 1 is 1.47 bits per heavy atom. The number of anilines is 2. The quantitative estimate of drug-likeness (QED) is 0.705. The van der Waals surface area contributed by atoms with Crippen LogP contribution in [0.15, 0.2) is 18.3 Å². The molecule has 0 bridgehead atoms. The maximum atomic E-state index is 5.80. The van der Waals surface area contributed by atoms with Gasteiger partial charge in [0.25, 0.3) is 0 Å². The van der Waals surface area contributed by atoms with Crippen molar-refractivity contribution in [3.63, 3.8) is 0 Å². The van der Waals surface area contributed by atoms with Crippen LogP contribution in [0.1, 0.15) is 39.5 Å². The van der Waals surface area contributed by atoms with Crippen molar-refractivity contribution in [1.82, 2.24) is 4.98 Å². The summed E-state index contributed by atoms with van der Waals surface area (Å²) in [5.74, 6) is 0.807. The van der Waals surface area contributed by atoms with Gasteiger partial charge in [-0.25, -0.2) is 4.98 Å². The monoisotopic (exact) mass is 207 g/mol. The van der Waals surface area contributed by atoms with Crippen LogP contribution < -0.4 is 11.1 Å². The van der Waals surface area contributed by atoms with Crippen molar-refractivity contribution in [2.75, 3.05) is 11.1 Å². The van der Waals surface area contributed by atoms with Gasteiger partial charge < -0.3 is 11.1 Å². The third-order valence-corrected chi connectivity index (χ3v) is 2.46. The highest BCUT2D eigenvalue weighted by Gasteiger charge is 2.04. The highest BCUT2D eigenvalue weighted by atomic mass is 15.0. The standard InChI is InChI=1S/C12H21N3/c1-3-4-5-7-10(2)15-12-11(13)8-6-9-14-12/h6,8-10H,3-5,7,13H2,1-2H3,(H,14,15). The van der Waals surface area contributed by atoms with E-state index in [-0.39, 0.29) is 0 Å². The summed E-state index contributed by atoms with van der Waals surface area (Å²) in [4.78, 5) is 4.21. The molecule has 1 rings (SSSR count). The molecule has 0 radical (unpaired) electrons. The van der Waals surface area contributed by atoms with Gasteiger partial charge in [-0.05, 0) is 25.5 Å². The van der Waals surface area contributed by atoms with Gasteiger partial charge in [-0.2, -0.15) is 0 Å². The average molecular weight is 207 g/mol. The summed E-state index contributed by atoms with van der Waals surface area (Å²) < 4.78 is 0. The lowest BCUT2D eigenvalue weighted by Crippen LogP contribution is -2.16. The molecule has 1 unspecified atom stereocenters. The van der Waals surface area contributed by atoms with E-state index in [4.69, 9.17) is 5.73 Å². The number of nitrogens with one attached hydrogen (secondary N) is 1. The lowest BCUT2D eigenvalue weighted by molar-refractivity contribution is 0.614. The van der Waals surface area contributed by atoms with E-state index in [0.717, 1.165) is 11.5 Å². The predicted octanol–water partition coefficient (Wildman–Crippen LogP) is 3.04. The molecule has 0 aromatic carbocycles. The van der Waals surface area contributed by atoms with Crippen molar-refractivity contribution in [2.24, 2.45) is 0 Å². The van der Waals surface area contributed by atoms with Gasteiger partial charge in [0, 0.05) is 12.2 Å². The molecule has 0 fully saturated rings. The average Bonchev–Trinajstić information content (AvgIpc) is 2.22. The van der Waals surface area contributed by atoms with E-state index >= 15 is 0 Å². The van der Waals surface area contributed by atoms with E-state index in [9.17, 15) is 0 Å². The van der Waals surface area contributed by atoms with Crippen molar-refractivity contribution in [3.8, 4) is 0 Å². The first-order chi connectivity index (χ1) is 7.24. The predicted molar refractivity (Wildman–Crippen MR) is 65.9 cm³/mol. The van der Waals surface area contributed by atoms with Crippen LogP contribution in [0.25, 0.3) is 0 Å². The molecule has 84 valence electrons. The van der Waals surface area contributed by atoms with E-state index in [0.29, 0.717) is 6.04 Å². The van der Waals surface area contributed by atoms with Crippen LogP contribution in [-0.2, 0) is 0 Å². The van der Waals surface area contributed by atoms with Crippen LogP contribution in [-0.4, -0.2) is 11.0 Å². The van der Waals surface area contributed by atoms with Crippen LogP contribution in [0.2, 0.25) is 0 Å². The third kappa shape index (κ3) is 4.19. The summed E-state index contributed by atoms with van der Waals surface area (Å²) in [5.41, 5.74) is 6.52. The van der Waals surface area contributed by atoms with Gasteiger partial charge in [0.05, 0.1) is 5.69 Å². The Hall–Kier alpha value is -1.25. The smallest absolute Gasteiger partial charge is 0.149 e. The van der Waals surface area contributed by atoms with Crippen molar-refractivity contribution >= 4 is 11.5 Å². The SMILES string of the molecule is CCCCCC(C)Nc1ncccc1N. The first-order valence-electron chi connectivity index (χ1n) is 5.71. The molecule has 0 aliphatic rings. The molecule has 0 spiro atoms. The van der Waals surface area contributed by atoms with E-state index in [2.05, 4.69) is 24.1 Å². The number of nitrogens with two attached hydrogens (primary N) is 1. The maximum Gasteiger partial charge on any atom is 0.149 e. The number of pyridine rings is 1. The molecular formula is C12H21N3. The largest absolute Gasteiger partial charge is 0.396 e. The second-order valence-electron chi connectivity index (χ2n) is 3.98. The number of nitrogen functional groups attached to an aromatic ring is 1. The van der Waals surface area contributed by atoms with Gasteiger partial charge in [0.2, 0.25) is 0 Å². The molecule has 1 atom stereocenters. The fourth-order valence-corrected chi connectivity index (χ4v) is 1.54. The topological polar surface area (TPSA) is 50.9 Å². The van der Waals surface area contributed by atoms with E-state index in [1.807, 2.05) is 12.1 Å². The number of hydrogen-bond acceptors (Lipinski definition) is 3. The van der Waals surface area contributed by atoms with Gasteiger partial charge in [0.15, 0.2) is 0 Å². The molecule has 3 nitrogen and oxygen atoms in total. The number of nitrogens with zero attached hydrogens (tertiary/aromatic N) is 1. The van der Waals surface area contributed by atoms with E-state index < -0.39 is 0 Å². The Morgan fingerprint density at radius 2 is 2.27 bits per heavy atom. The van der Waals surface area contributed by atoms with Crippen molar-refractivity contribution in [3.05, 3.63) is 18.3 Å². The number of hydrogen-bond donors (Lipinski definition) is 2. The van der Waals surface area contributed by atoms with Crippen LogP contribution >= 0.6 is 0 Å². The zero-order chi connectivity index (χ0) is 11.1. The van der Waals surface area contributed by atoms with E-state index in [1.54, 1.807) is 6.20 Å². The summed E-state index contributed by atoms with van der Waals surface area (Å²) >= 11 is 0. The number of unbranched alkanes of at least 4 members (excludes halogenated alkanes) is 2. The molecule has 0 aliphatic heterocycles. The van der Waals surface area contributed by atoms with Gasteiger partial charge in [0.1, 0.15) is 5.82 Å². The normalized spacial score (nSPS) is 12.4. The highest BCUT2D eigenvalue weighted by Crippen LogP contribution is 2.15. The fraction of sp³-hybridized carbons (Fsp3) is 0.583. The minimum absolute atomic E-state index is 0.439. The molecule has 1 aromatic rings. The molecule has 1 heterocycles. The fourth-order valence-electron chi connectivity index (χ4n) is 1.54. The summed E-state index contributed by atoms with van der Waals surface area (Å²) in [6, 6.07) is 4.16.